The molecule has 0 aromatic heterocycles. The highest BCUT2D eigenvalue weighted by Crippen LogP contribution is 2.15. The largest absolute Gasteiger partial charge is 0.461 e. The van der Waals surface area contributed by atoms with Crippen molar-refractivity contribution in [3.63, 3.8) is 0 Å². The molecule has 1 unspecified atom stereocenters. The van der Waals surface area contributed by atoms with E-state index in [-0.39, 0.29) is 31.6 Å². The molecule has 0 fully saturated rings. The first-order valence-electron chi connectivity index (χ1n) is 23.8. The van der Waals surface area contributed by atoms with Gasteiger partial charge in [0.15, 0.2) is 6.10 Å². The number of hydrogen-bond acceptors (Lipinski definition) is 5. The van der Waals surface area contributed by atoms with Crippen LogP contribution in [-0.2, 0) is 23.8 Å². The Morgan fingerprint density at radius 2 is 0.786 bits per heavy atom. The zero-order valence-corrected chi connectivity index (χ0v) is 37.1. The fraction of sp³-hybridized carbons (Fsp3) is 0.765. The second-order valence-electron chi connectivity index (χ2n) is 15.7. The van der Waals surface area contributed by atoms with Gasteiger partial charge in [0.1, 0.15) is 6.61 Å². The van der Waals surface area contributed by atoms with Crippen LogP contribution >= 0.6 is 0 Å². The summed E-state index contributed by atoms with van der Waals surface area (Å²) in [4.78, 5) is 25.2. The molecule has 0 radical (unpaired) electrons. The molecular weight excluding hydrogens is 693 g/mol. The molecule has 0 spiro atoms. The van der Waals surface area contributed by atoms with Crippen LogP contribution in [0.25, 0.3) is 0 Å². The van der Waals surface area contributed by atoms with Crippen molar-refractivity contribution in [2.75, 3.05) is 19.8 Å². The van der Waals surface area contributed by atoms with Gasteiger partial charge in [-0.25, -0.2) is 0 Å². The van der Waals surface area contributed by atoms with Crippen LogP contribution in [0, 0.1) is 0 Å². The highest BCUT2D eigenvalue weighted by atomic mass is 16.6. The number of carbonyl (C=O) groups excluding carboxylic acids is 2. The molecule has 0 aliphatic heterocycles. The van der Waals surface area contributed by atoms with Gasteiger partial charge in [0, 0.05) is 13.0 Å². The van der Waals surface area contributed by atoms with Gasteiger partial charge in [-0.3, -0.25) is 9.59 Å². The van der Waals surface area contributed by atoms with Crippen molar-refractivity contribution in [3.8, 4) is 0 Å². The fourth-order valence-electron chi connectivity index (χ4n) is 6.58. The van der Waals surface area contributed by atoms with E-state index in [0.717, 1.165) is 57.8 Å². The Bertz CT molecular complexity index is 977. The summed E-state index contributed by atoms with van der Waals surface area (Å²) in [6.07, 6.45) is 58.1. The summed E-state index contributed by atoms with van der Waals surface area (Å²) >= 11 is 0. The molecule has 0 saturated heterocycles. The Morgan fingerprint density at radius 3 is 1.21 bits per heavy atom. The molecule has 0 aromatic carbocycles. The number of carbonyl (C=O) groups is 2. The summed E-state index contributed by atoms with van der Waals surface area (Å²) in [5, 5.41) is 0. The van der Waals surface area contributed by atoms with Gasteiger partial charge in [0.2, 0.25) is 0 Å². The molecule has 56 heavy (non-hydrogen) atoms. The van der Waals surface area contributed by atoms with E-state index in [1.807, 2.05) is 12.2 Å². The van der Waals surface area contributed by atoms with Crippen molar-refractivity contribution in [2.45, 2.75) is 232 Å². The lowest BCUT2D eigenvalue weighted by atomic mass is 10.0. The highest BCUT2D eigenvalue weighted by Gasteiger charge is 2.17. The molecule has 0 saturated carbocycles. The summed E-state index contributed by atoms with van der Waals surface area (Å²) in [7, 11) is 0. The normalized spacial score (nSPS) is 12.7. The second kappa shape index (κ2) is 47.0. The van der Waals surface area contributed by atoms with E-state index in [0.29, 0.717) is 13.0 Å². The van der Waals surface area contributed by atoms with E-state index in [9.17, 15) is 9.59 Å². The Hall–Kier alpha value is -2.40. The third-order valence-electron chi connectivity index (χ3n) is 10.1. The van der Waals surface area contributed by atoms with Gasteiger partial charge in [0.05, 0.1) is 13.0 Å². The number of rotatable bonds is 43. The predicted molar refractivity (Wildman–Crippen MR) is 242 cm³/mol. The average Bonchev–Trinajstić information content (AvgIpc) is 3.20. The quantitative estimate of drug-likeness (QED) is 0.0350. The minimum atomic E-state index is -0.570. The van der Waals surface area contributed by atoms with Gasteiger partial charge in [-0.2, -0.15) is 0 Å². The van der Waals surface area contributed by atoms with Crippen LogP contribution in [0.15, 0.2) is 60.8 Å². The van der Waals surface area contributed by atoms with E-state index < -0.39 is 6.10 Å². The SMILES string of the molecule is CC/C=C\C/C=C\C/C=C\C/C=C\C/C=C\CC(=O)OCC(COCCCCCCCCCCCC)OC(=O)CCCCCCCCCCCCCCCCC. The van der Waals surface area contributed by atoms with Gasteiger partial charge in [-0.15, -0.1) is 0 Å². The Morgan fingerprint density at radius 1 is 0.411 bits per heavy atom. The lowest BCUT2D eigenvalue weighted by Gasteiger charge is -2.18. The van der Waals surface area contributed by atoms with Crippen LogP contribution in [0.2, 0.25) is 0 Å². The summed E-state index contributed by atoms with van der Waals surface area (Å²) in [5.74, 6) is -0.536. The van der Waals surface area contributed by atoms with Gasteiger partial charge in [-0.1, -0.05) is 229 Å². The summed E-state index contributed by atoms with van der Waals surface area (Å²) in [5.41, 5.74) is 0. The fourth-order valence-corrected chi connectivity index (χ4v) is 6.58. The maximum atomic E-state index is 12.7. The van der Waals surface area contributed by atoms with Crippen LogP contribution in [0.5, 0.6) is 0 Å². The molecule has 5 heteroatoms. The standard InChI is InChI=1S/C51H90O5/c1-4-7-10-13-16-19-22-24-26-28-30-32-35-38-41-44-50(52)55-48-49(47-54-46-43-40-37-34-21-18-15-12-9-6-3)56-51(53)45-42-39-36-33-31-29-27-25-23-20-17-14-11-8-5-2/h7,10,16,19,24,26,30,32,38,41,49H,4-6,8-9,11-15,17-18,20-23,25,27-29,31,33-37,39-40,42-48H2,1-3H3/b10-7-,19-16-,26-24-,32-30-,41-38-. The highest BCUT2D eigenvalue weighted by molar-refractivity contribution is 5.71. The maximum Gasteiger partial charge on any atom is 0.309 e. The van der Waals surface area contributed by atoms with Crippen molar-refractivity contribution in [1.29, 1.82) is 0 Å². The molecule has 0 aliphatic rings. The third-order valence-corrected chi connectivity index (χ3v) is 10.1. The number of hydrogen-bond donors (Lipinski definition) is 0. The molecule has 0 N–H and O–H groups in total. The van der Waals surface area contributed by atoms with Crippen LogP contribution in [0.1, 0.15) is 226 Å². The number of esters is 2. The molecule has 0 aliphatic carbocycles. The first kappa shape index (κ1) is 53.6. The molecule has 0 bridgehead atoms. The van der Waals surface area contributed by atoms with E-state index in [1.165, 1.54) is 135 Å². The van der Waals surface area contributed by atoms with Crippen molar-refractivity contribution in [2.24, 2.45) is 0 Å². The Balaban J connectivity index is 4.34. The van der Waals surface area contributed by atoms with Crippen molar-refractivity contribution >= 4 is 11.9 Å². The summed E-state index contributed by atoms with van der Waals surface area (Å²) < 4.78 is 17.2. The minimum absolute atomic E-state index is 0.0339. The first-order valence-corrected chi connectivity index (χ1v) is 23.8. The summed E-state index contributed by atoms with van der Waals surface area (Å²) in [6, 6.07) is 0. The first-order chi connectivity index (χ1) is 27.6. The molecular formula is C51H90O5. The zero-order chi connectivity index (χ0) is 40.7. The predicted octanol–water partition coefficient (Wildman–Crippen LogP) is 15.8. The van der Waals surface area contributed by atoms with E-state index in [2.05, 4.69) is 69.4 Å². The molecule has 0 heterocycles. The van der Waals surface area contributed by atoms with Gasteiger partial charge in [0.25, 0.3) is 0 Å². The average molecular weight is 783 g/mol. The Kier molecular flexibility index (Phi) is 45.0. The van der Waals surface area contributed by atoms with E-state index in [4.69, 9.17) is 14.2 Å². The summed E-state index contributed by atoms with van der Waals surface area (Å²) in [6.45, 7) is 7.62. The van der Waals surface area contributed by atoms with Crippen LogP contribution in [0.3, 0.4) is 0 Å². The molecule has 0 aromatic rings. The molecule has 5 nitrogen and oxygen atoms in total. The number of unbranched alkanes of at least 4 members (excludes halogenated alkanes) is 23. The van der Waals surface area contributed by atoms with Crippen LogP contribution < -0.4 is 0 Å². The van der Waals surface area contributed by atoms with Gasteiger partial charge < -0.3 is 14.2 Å². The van der Waals surface area contributed by atoms with Crippen LogP contribution in [-0.4, -0.2) is 37.9 Å². The zero-order valence-electron chi connectivity index (χ0n) is 37.1. The van der Waals surface area contributed by atoms with E-state index >= 15 is 0 Å². The maximum absolute atomic E-state index is 12.7. The molecule has 0 rings (SSSR count). The number of allylic oxidation sites excluding steroid dienone is 9. The molecule has 0 amide bonds. The lowest BCUT2D eigenvalue weighted by molar-refractivity contribution is -0.162. The Labute approximate surface area is 347 Å². The molecule has 324 valence electrons. The van der Waals surface area contributed by atoms with E-state index in [1.54, 1.807) is 0 Å². The monoisotopic (exact) mass is 783 g/mol. The van der Waals surface area contributed by atoms with Crippen molar-refractivity contribution in [1.82, 2.24) is 0 Å². The van der Waals surface area contributed by atoms with Crippen LogP contribution in [0.4, 0.5) is 0 Å². The number of ether oxygens (including phenoxy) is 3. The minimum Gasteiger partial charge on any atom is -0.461 e. The van der Waals surface area contributed by atoms with Crippen molar-refractivity contribution < 1.29 is 23.8 Å². The topological polar surface area (TPSA) is 61.8 Å². The third kappa shape index (κ3) is 44.3. The van der Waals surface area contributed by atoms with Crippen molar-refractivity contribution in [3.05, 3.63) is 60.8 Å². The molecule has 1 atom stereocenters. The smallest absolute Gasteiger partial charge is 0.309 e. The van der Waals surface area contributed by atoms with Gasteiger partial charge in [-0.05, 0) is 44.9 Å². The second-order valence-corrected chi connectivity index (χ2v) is 15.7. The van der Waals surface area contributed by atoms with Gasteiger partial charge >= 0.3 is 11.9 Å². The lowest BCUT2D eigenvalue weighted by Crippen LogP contribution is -2.30.